The Morgan fingerprint density at radius 3 is 2.50 bits per heavy atom. The quantitative estimate of drug-likeness (QED) is 0.656. The molecule has 0 aliphatic rings. The first-order valence-electron chi connectivity index (χ1n) is 6.55. The third-order valence-electron chi connectivity index (χ3n) is 2.79. The lowest BCUT2D eigenvalue weighted by molar-refractivity contribution is -0.120. The molecule has 1 rings (SSSR count). The predicted octanol–water partition coefficient (Wildman–Crippen LogP) is 0.864. The normalized spacial score (nSPS) is 11.7. The molecule has 0 aliphatic carbocycles. The van der Waals surface area contributed by atoms with Gasteiger partial charge in [0.05, 0.1) is 13.0 Å². The SMILES string of the molecule is CC(CCN)C(=O)Nc1ccc(OCCC(N)=O)cc1. The predicted molar refractivity (Wildman–Crippen MR) is 77.2 cm³/mol. The van der Waals surface area contributed by atoms with Gasteiger partial charge >= 0.3 is 0 Å². The average Bonchev–Trinajstić information content (AvgIpc) is 2.40. The van der Waals surface area contributed by atoms with Crippen molar-refractivity contribution < 1.29 is 14.3 Å². The number of hydrogen-bond acceptors (Lipinski definition) is 4. The van der Waals surface area contributed by atoms with E-state index < -0.39 is 5.91 Å². The maximum atomic E-state index is 11.8. The molecule has 2 amide bonds. The number of hydrogen-bond donors (Lipinski definition) is 3. The highest BCUT2D eigenvalue weighted by Crippen LogP contribution is 2.17. The second kappa shape index (κ2) is 8.16. The Labute approximate surface area is 118 Å². The van der Waals surface area contributed by atoms with Crippen LogP contribution < -0.4 is 21.5 Å². The average molecular weight is 279 g/mol. The molecule has 1 atom stereocenters. The minimum atomic E-state index is -0.400. The van der Waals surface area contributed by atoms with Crippen molar-refractivity contribution in [3.05, 3.63) is 24.3 Å². The molecule has 6 nitrogen and oxygen atoms in total. The molecule has 1 unspecified atom stereocenters. The second-order valence-electron chi connectivity index (χ2n) is 4.56. The number of carbonyl (C=O) groups is 2. The zero-order valence-corrected chi connectivity index (χ0v) is 11.6. The van der Waals surface area contributed by atoms with Crippen LogP contribution in [0.25, 0.3) is 0 Å². The van der Waals surface area contributed by atoms with E-state index in [1.54, 1.807) is 24.3 Å². The first-order valence-corrected chi connectivity index (χ1v) is 6.55. The summed E-state index contributed by atoms with van der Waals surface area (Å²) < 4.78 is 5.33. The van der Waals surface area contributed by atoms with Crippen LogP contribution in [0.2, 0.25) is 0 Å². The summed E-state index contributed by atoms with van der Waals surface area (Å²) in [5, 5.41) is 2.80. The number of nitrogens with one attached hydrogen (secondary N) is 1. The van der Waals surface area contributed by atoms with Crippen molar-refractivity contribution in [3.8, 4) is 5.75 Å². The van der Waals surface area contributed by atoms with Crippen molar-refractivity contribution in [1.82, 2.24) is 0 Å². The molecule has 0 spiro atoms. The highest BCUT2D eigenvalue weighted by molar-refractivity contribution is 5.92. The van der Waals surface area contributed by atoms with Crippen LogP contribution in [0.1, 0.15) is 19.8 Å². The van der Waals surface area contributed by atoms with Gasteiger partial charge in [0.15, 0.2) is 0 Å². The lowest BCUT2D eigenvalue weighted by Gasteiger charge is -2.11. The van der Waals surface area contributed by atoms with Crippen LogP contribution in [-0.4, -0.2) is 25.0 Å². The number of nitrogens with two attached hydrogens (primary N) is 2. The maximum Gasteiger partial charge on any atom is 0.227 e. The number of primary amides is 1. The molecule has 0 saturated heterocycles. The molecule has 0 aliphatic heterocycles. The largest absolute Gasteiger partial charge is 0.493 e. The fraction of sp³-hybridized carbons (Fsp3) is 0.429. The summed E-state index contributed by atoms with van der Waals surface area (Å²) in [6, 6.07) is 6.94. The molecule has 0 radical (unpaired) electrons. The minimum absolute atomic E-state index is 0.0575. The summed E-state index contributed by atoms with van der Waals surface area (Å²) in [6.07, 6.45) is 0.829. The Morgan fingerprint density at radius 1 is 1.30 bits per heavy atom. The summed E-state index contributed by atoms with van der Waals surface area (Å²) in [6.45, 7) is 2.57. The second-order valence-corrected chi connectivity index (χ2v) is 4.56. The Kier molecular flexibility index (Phi) is 6.52. The lowest BCUT2D eigenvalue weighted by atomic mass is 10.1. The first kappa shape index (κ1) is 16.0. The van der Waals surface area contributed by atoms with Crippen molar-refractivity contribution in [2.75, 3.05) is 18.5 Å². The van der Waals surface area contributed by atoms with E-state index in [-0.39, 0.29) is 24.9 Å². The van der Waals surface area contributed by atoms with Crippen LogP contribution in [0.4, 0.5) is 5.69 Å². The van der Waals surface area contributed by atoms with Gasteiger partial charge in [0.1, 0.15) is 5.75 Å². The highest BCUT2D eigenvalue weighted by atomic mass is 16.5. The number of anilines is 1. The van der Waals surface area contributed by atoms with Gasteiger partial charge in [-0.15, -0.1) is 0 Å². The van der Waals surface area contributed by atoms with Gasteiger partial charge in [-0.3, -0.25) is 9.59 Å². The molecule has 1 aromatic rings. The summed E-state index contributed by atoms with van der Waals surface area (Å²) in [7, 11) is 0. The molecule has 0 fully saturated rings. The minimum Gasteiger partial charge on any atom is -0.493 e. The van der Waals surface area contributed by atoms with Gasteiger partial charge in [-0.1, -0.05) is 6.92 Å². The van der Waals surface area contributed by atoms with Crippen molar-refractivity contribution >= 4 is 17.5 Å². The topological polar surface area (TPSA) is 107 Å². The monoisotopic (exact) mass is 279 g/mol. The number of ether oxygens (including phenoxy) is 1. The Balaban J connectivity index is 2.45. The van der Waals surface area contributed by atoms with Crippen LogP contribution >= 0.6 is 0 Å². The van der Waals surface area contributed by atoms with E-state index in [9.17, 15) is 9.59 Å². The Morgan fingerprint density at radius 2 is 1.95 bits per heavy atom. The van der Waals surface area contributed by atoms with Crippen LogP contribution in [0.3, 0.4) is 0 Å². The summed E-state index contributed by atoms with van der Waals surface area (Å²) in [5.41, 5.74) is 11.1. The summed E-state index contributed by atoms with van der Waals surface area (Å²) >= 11 is 0. The van der Waals surface area contributed by atoms with Gasteiger partial charge in [-0.2, -0.15) is 0 Å². The molecule has 0 bridgehead atoms. The zero-order valence-electron chi connectivity index (χ0n) is 11.6. The molecule has 20 heavy (non-hydrogen) atoms. The third-order valence-corrected chi connectivity index (χ3v) is 2.79. The number of carbonyl (C=O) groups excluding carboxylic acids is 2. The van der Waals surface area contributed by atoms with Gasteiger partial charge in [-0.05, 0) is 37.2 Å². The molecule has 0 aromatic heterocycles. The molecule has 0 saturated carbocycles. The van der Waals surface area contributed by atoms with E-state index in [4.69, 9.17) is 16.2 Å². The van der Waals surface area contributed by atoms with Crippen LogP contribution in [-0.2, 0) is 9.59 Å². The lowest BCUT2D eigenvalue weighted by Crippen LogP contribution is -2.22. The zero-order chi connectivity index (χ0) is 15.0. The van der Waals surface area contributed by atoms with E-state index in [0.29, 0.717) is 24.4 Å². The van der Waals surface area contributed by atoms with E-state index in [1.165, 1.54) is 0 Å². The molecular formula is C14H21N3O3. The number of rotatable bonds is 8. The molecule has 0 heterocycles. The Bertz CT molecular complexity index is 445. The summed E-state index contributed by atoms with van der Waals surface area (Å²) in [4.78, 5) is 22.4. The van der Waals surface area contributed by atoms with E-state index in [2.05, 4.69) is 5.32 Å². The van der Waals surface area contributed by atoms with Gasteiger partial charge < -0.3 is 21.5 Å². The van der Waals surface area contributed by atoms with Gasteiger partial charge in [0, 0.05) is 11.6 Å². The van der Waals surface area contributed by atoms with Gasteiger partial charge in [0.25, 0.3) is 0 Å². The summed E-state index contributed by atoms with van der Waals surface area (Å²) in [5.74, 6) is 0.0476. The van der Waals surface area contributed by atoms with Gasteiger partial charge in [-0.25, -0.2) is 0 Å². The van der Waals surface area contributed by atoms with Crippen molar-refractivity contribution in [2.24, 2.45) is 17.4 Å². The first-order chi connectivity index (χ1) is 9.52. The smallest absolute Gasteiger partial charge is 0.227 e. The van der Waals surface area contributed by atoms with Crippen molar-refractivity contribution in [3.63, 3.8) is 0 Å². The van der Waals surface area contributed by atoms with Crippen molar-refractivity contribution in [2.45, 2.75) is 19.8 Å². The molecule has 1 aromatic carbocycles. The van der Waals surface area contributed by atoms with Crippen LogP contribution in [0.5, 0.6) is 5.75 Å². The van der Waals surface area contributed by atoms with E-state index in [0.717, 1.165) is 0 Å². The number of amides is 2. The molecule has 5 N–H and O–H groups in total. The molecule has 110 valence electrons. The highest BCUT2D eigenvalue weighted by Gasteiger charge is 2.11. The molecule has 6 heteroatoms. The van der Waals surface area contributed by atoms with E-state index >= 15 is 0 Å². The van der Waals surface area contributed by atoms with Crippen LogP contribution in [0, 0.1) is 5.92 Å². The van der Waals surface area contributed by atoms with Gasteiger partial charge in [0.2, 0.25) is 11.8 Å². The van der Waals surface area contributed by atoms with Crippen molar-refractivity contribution in [1.29, 1.82) is 0 Å². The Hall–Kier alpha value is -2.08. The fourth-order valence-electron chi connectivity index (χ4n) is 1.55. The third kappa shape index (κ3) is 5.71. The maximum absolute atomic E-state index is 11.8. The molecular weight excluding hydrogens is 258 g/mol. The fourth-order valence-corrected chi connectivity index (χ4v) is 1.55. The van der Waals surface area contributed by atoms with E-state index in [1.807, 2.05) is 6.92 Å². The van der Waals surface area contributed by atoms with Crippen LogP contribution in [0.15, 0.2) is 24.3 Å². The number of benzene rings is 1. The standard InChI is InChI=1S/C14H21N3O3/c1-10(6-8-15)14(19)17-11-2-4-12(5-3-11)20-9-7-13(16)18/h2-5,10H,6-9,15H2,1H3,(H2,16,18)(H,17,19).